The molecule has 8 rings (SSSR count). The van der Waals surface area contributed by atoms with Crippen molar-refractivity contribution in [2.45, 2.75) is 50.3 Å². The second-order valence-electron chi connectivity index (χ2n) is 16.2. The van der Waals surface area contributed by atoms with Crippen molar-refractivity contribution in [3.8, 4) is 23.0 Å². The van der Waals surface area contributed by atoms with Gasteiger partial charge in [-0.3, -0.25) is 18.9 Å². The van der Waals surface area contributed by atoms with Gasteiger partial charge in [0.25, 0.3) is 26.1 Å². The molecule has 0 bridgehead atoms. The molecule has 0 spiro atoms. The third-order valence-electron chi connectivity index (χ3n) is 11.4. The molecule has 0 atom stereocenters. The Hall–Kier alpha value is -6.72. The number of hydrogen-bond acceptors (Lipinski definition) is 15. The fourth-order valence-corrected chi connectivity index (χ4v) is 9.66. The number of azo groups is 2. The van der Waals surface area contributed by atoms with Crippen molar-refractivity contribution in [3.63, 3.8) is 0 Å². The summed E-state index contributed by atoms with van der Waals surface area (Å²) in [6.45, 7) is 7.98. The number of rotatable bonds is 16. The van der Waals surface area contributed by atoms with Gasteiger partial charge in [-0.2, -0.15) is 32.2 Å². The number of halogens is 2. The van der Waals surface area contributed by atoms with E-state index in [1.54, 1.807) is 118 Å². The predicted molar refractivity (Wildman–Crippen MR) is 294 cm³/mol. The SMILES string of the molecule is CCOc1ccccc1N=C([O-])c1cc2ccccc2c(N=Nc2cc(S(=O)(=O)O)cc(Cl)c2CC)c1[O-].CCOc1ccccc1NC(=O)c1cc2ccccc2c(N=Nc2cc(S(=O)(=O)O)cc(Cl)c2CC)c1O.[Ca+2]. The molecule has 0 heterocycles. The molecule has 0 aromatic heterocycles. The summed E-state index contributed by atoms with van der Waals surface area (Å²) in [5.74, 6) is -1.62. The summed E-state index contributed by atoms with van der Waals surface area (Å²) in [5, 5.41) is 59.4. The normalized spacial score (nSPS) is 11.9. The van der Waals surface area contributed by atoms with Gasteiger partial charge in [-0.15, -0.1) is 5.11 Å². The molecule has 0 saturated carbocycles. The number of benzene rings is 8. The Morgan fingerprint density at radius 2 is 1.05 bits per heavy atom. The summed E-state index contributed by atoms with van der Waals surface area (Å²) in [7, 11) is -9.12. The number of fused-ring (bicyclic) bond motifs is 2. The van der Waals surface area contributed by atoms with Gasteiger partial charge in [0.1, 0.15) is 22.9 Å². The second-order valence-corrected chi connectivity index (χ2v) is 19.9. The molecule has 392 valence electrons. The number of nitrogens with one attached hydrogen (secondary N) is 1. The quantitative estimate of drug-likeness (QED) is 0.0231. The van der Waals surface area contributed by atoms with Crippen LogP contribution in [0.2, 0.25) is 10.0 Å². The Kier molecular flexibility index (Phi) is 20.2. The van der Waals surface area contributed by atoms with E-state index in [2.05, 4.69) is 30.8 Å². The molecule has 0 fully saturated rings. The number of phenols is 1. The molecule has 8 aromatic rings. The van der Waals surface area contributed by atoms with Crippen LogP contribution in [-0.2, 0) is 33.1 Å². The van der Waals surface area contributed by atoms with Crippen molar-refractivity contribution < 1.29 is 55.5 Å². The largest absolute Gasteiger partial charge is 2.00 e. The zero-order valence-electron chi connectivity index (χ0n) is 41.6. The van der Waals surface area contributed by atoms with Gasteiger partial charge in [-0.25, -0.2) is 0 Å². The van der Waals surface area contributed by atoms with Gasteiger partial charge >= 0.3 is 37.7 Å². The van der Waals surface area contributed by atoms with E-state index in [0.29, 0.717) is 75.9 Å². The third-order valence-corrected chi connectivity index (χ3v) is 13.7. The van der Waals surface area contributed by atoms with E-state index in [4.69, 9.17) is 32.7 Å². The molecule has 1 amide bonds. The molecule has 23 heteroatoms. The van der Waals surface area contributed by atoms with Crippen LogP contribution in [0.25, 0.3) is 21.5 Å². The van der Waals surface area contributed by atoms with Crippen molar-refractivity contribution in [2.24, 2.45) is 25.4 Å². The minimum Gasteiger partial charge on any atom is -0.871 e. The Balaban J connectivity index is 0.000000246. The topological polar surface area (TPSA) is 284 Å². The maximum atomic E-state index is 13.5. The molecule has 0 aliphatic heterocycles. The van der Waals surface area contributed by atoms with Crippen molar-refractivity contribution in [1.82, 2.24) is 0 Å². The van der Waals surface area contributed by atoms with E-state index in [1.807, 2.05) is 6.92 Å². The average Bonchev–Trinajstić information content (AvgIpc) is 3.38. The van der Waals surface area contributed by atoms with E-state index < -0.39 is 53.3 Å². The van der Waals surface area contributed by atoms with Crippen molar-refractivity contribution in [1.29, 1.82) is 0 Å². The molecule has 0 radical (unpaired) electrons. The molecule has 18 nitrogen and oxygen atoms in total. The summed E-state index contributed by atoms with van der Waals surface area (Å²) in [5.41, 5.74) is 1.42. The van der Waals surface area contributed by atoms with Crippen LogP contribution >= 0.6 is 23.2 Å². The second kappa shape index (κ2) is 26.1. The zero-order chi connectivity index (χ0) is 54.9. The van der Waals surface area contributed by atoms with Gasteiger partial charge in [0.2, 0.25) is 0 Å². The first kappa shape index (κ1) is 59.5. The summed E-state index contributed by atoms with van der Waals surface area (Å²) in [4.78, 5) is 16.5. The monoisotopic (exact) mass is 1140 g/mol. The van der Waals surface area contributed by atoms with Gasteiger partial charge in [0.15, 0.2) is 5.75 Å². The Labute approximate surface area is 483 Å². The number of carbonyl (C=O) groups excluding carboxylic acids is 1. The molecule has 77 heavy (non-hydrogen) atoms. The Bertz CT molecular complexity index is 3860. The Morgan fingerprint density at radius 3 is 1.58 bits per heavy atom. The van der Waals surface area contributed by atoms with Gasteiger partial charge < -0.3 is 30.1 Å². The van der Waals surface area contributed by atoms with E-state index in [1.165, 1.54) is 12.1 Å². The summed E-state index contributed by atoms with van der Waals surface area (Å²) in [6, 6.07) is 34.9. The maximum Gasteiger partial charge on any atom is 2.00 e. The van der Waals surface area contributed by atoms with E-state index in [-0.39, 0.29) is 87.3 Å². The first-order valence-electron chi connectivity index (χ1n) is 23.2. The number of aliphatic imine (C=N–C) groups is 1. The van der Waals surface area contributed by atoms with Crippen molar-refractivity contribution in [3.05, 3.63) is 166 Å². The molecule has 4 N–H and O–H groups in total. The summed E-state index contributed by atoms with van der Waals surface area (Å²) >= 11 is 12.5. The minimum atomic E-state index is -4.57. The minimum absolute atomic E-state index is 0. The number of para-hydroxylation sites is 4. The van der Waals surface area contributed by atoms with Crippen LogP contribution in [0.1, 0.15) is 54.7 Å². The van der Waals surface area contributed by atoms with Gasteiger partial charge in [-0.05, 0) is 121 Å². The number of aromatic hydroxyl groups is 1. The number of amides is 1. The fraction of sp³-hybridized carbons (Fsp3) is 0.148. The molecule has 0 aliphatic rings. The summed E-state index contributed by atoms with van der Waals surface area (Å²) < 4.78 is 76.9. The third kappa shape index (κ3) is 14.1. The molecule has 8 aromatic carbocycles. The van der Waals surface area contributed by atoms with E-state index in [0.717, 1.165) is 24.3 Å². The average molecular weight is 1150 g/mol. The van der Waals surface area contributed by atoms with Gasteiger partial charge in [0.05, 0.1) is 51.3 Å². The van der Waals surface area contributed by atoms with Crippen LogP contribution in [0, 0.1) is 0 Å². The van der Waals surface area contributed by atoms with Gasteiger partial charge in [0, 0.05) is 20.8 Å². The number of hydrogen-bond donors (Lipinski definition) is 4. The van der Waals surface area contributed by atoms with Crippen LogP contribution in [0.4, 0.5) is 34.1 Å². The molecular formula is C54H46CaCl2N6O12S2. The van der Waals surface area contributed by atoms with E-state index >= 15 is 0 Å². The smallest absolute Gasteiger partial charge is 0.871 e. The fourth-order valence-electron chi connectivity index (χ4n) is 7.78. The number of carbonyl (C=O) groups is 1. The zero-order valence-corrected chi connectivity index (χ0v) is 46.9. The standard InChI is InChI=1S/2C27H24ClN3O6S.Ca/c2*1-3-18-21(28)14-17(38(34,35)36)15-23(18)30-31-25-19-10-6-5-9-16(19)13-20(26(25)32)27(33)29-22-11-7-8-12-24(22)37-4-2;/h2*5-15,32H,3-4H2,1-2H3,(H,29,33)(H,34,35,36);/q;;+2/p-2. The van der Waals surface area contributed by atoms with Gasteiger partial charge in [-0.1, -0.05) is 116 Å². The Morgan fingerprint density at radius 1 is 0.597 bits per heavy atom. The van der Waals surface area contributed by atoms with Crippen molar-refractivity contribution in [2.75, 3.05) is 18.5 Å². The first-order chi connectivity index (χ1) is 36.3. The maximum absolute atomic E-state index is 13.5. The van der Waals surface area contributed by atoms with Crippen molar-refractivity contribution >= 4 is 149 Å². The van der Waals surface area contributed by atoms with Crippen LogP contribution in [-0.4, -0.2) is 93.8 Å². The number of ether oxygens (including phenoxy) is 2. The van der Waals surface area contributed by atoms with Crippen LogP contribution in [0.5, 0.6) is 23.0 Å². The summed E-state index contributed by atoms with van der Waals surface area (Å²) in [6.07, 6.45) is 0.772. The molecular weight excluding hydrogens is 1100 g/mol. The molecule has 0 saturated heterocycles. The predicted octanol–water partition coefficient (Wildman–Crippen LogP) is 12.3. The molecule has 0 aliphatic carbocycles. The van der Waals surface area contributed by atoms with Crippen LogP contribution < -0.4 is 25.0 Å². The van der Waals surface area contributed by atoms with E-state index in [9.17, 15) is 46.1 Å². The number of nitrogens with zero attached hydrogens (tertiary/aromatic N) is 5. The first-order valence-corrected chi connectivity index (χ1v) is 26.8. The van der Waals surface area contributed by atoms with Crippen LogP contribution in [0.3, 0.4) is 0 Å². The number of anilines is 1. The van der Waals surface area contributed by atoms with Crippen LogP contribution in [0.15, 0.2) is 169 Å². The number of phenolic OH excluding ortho intramolecular Hbond substituents is 1. The molecule has 0 unspecified atom stereocenters.